The van der Waals surface area contributed by atoms with Crippen LogP contribution < -0.4 is 10.2 Å². The minimum atomic E-state index is -0.245. The van der Waals surface area contributed by atoms with E-state index < -0.39 is 0 Å². The molecule has 1 heterocycles. The van der Waals surface area contributed by atoms with Gasteiger partial charge in [-0.1, -0.05) is 6.07 Å². The zero-order valence-electron chi connectivity index (χ0n) is 15.6. The van der Waals surface area contributed by atoms with Crippen LogP contribution in [0.15, 0.2) is 36.4 Å². The number of carbonyl (C=O) groups is 1. The normalized spacial score (nSPS) is 11.0. The number of hydrogen-bond acceptors (Lipinski definition) is 2. The molecule has 0 aliphatic carbocycles. The maximum atomic E-state index is 14.0. The number of halogens is 1. The zero-order chi connectivity index (χ0) is 18.8. The number of nitrogens with one attached hydrogen (secondary N) is 2. The number of carbonyl (C=O) groups excluding carboxylic acids is 1. The number of fused-ring (bicyclic) bond motifs is 1. The van der Waals surface area contributed by atoms with Gasteiger partial charge in [0.2, 0.25) is 0 Å². The fourth-order valence-corrected chi connectivity index (χ4v) is 3.27. The van der Waals surface area contributed by atoms with Gasteiger partial charge in [-0.05, 0) is 61.7 Å². The van der Waals surface area contributed by atoms with Crippen molar-refractivity contribution in [2.45, 2.75) is 20.3 Å². The summed E-state index contributed by atoms with van der Waals surface area (Å²) in [5.74, 6) is -0.347. The first-order chi connectivity index (χ1) is 12.4. The highest BCUT2D eigenvalue weighted by Gasteiger charge is 2.14. The van der Waals surface area contributed by atoms with Crippen molar-refractivity contribution in [2.24, 2.45) is 0 Å². The molecule has 0 aliphatic heterocycles. The van der Waals surface area contributed by atoms with Gasteiger partial charge < -0.3 is 15.2 Å². The summed E-state index contributed by atoms with van der Waals surface area (Å²) in [5, 5.41) is 3.87. The summed E-state index contributed by atoms with van der Waals surface area (Å²) >= 11 is 0. The van der Waals surface area contributed by atoms with E-state index in [1.54, 1.807) is 6.07 Å². The number of H-pyrrole nitrogens is 1. The first kappa shape index (κ1) is 18.0. The molecule has 0 bridgehead atoms. The highest BCUT2D eigenvalue weighted by molar-refractivity contribution is 5.94. The third kappa shape index (κ3) is 3.43. The van der Waals surface area contributed by atoms with Gasteiger partial charge >= 0.3 is 0 Å². The Labute approximate surface area is 153 Å². The summed E-state index contributed by atoms with van der Waals surface area (Å²) in [4.78, 5) is 17.5. The van der Waals surface area contributed by atoms with E-state index in [1.807, 2.05) is 57.1 Å². The van der Waals surface area contributed by atoms with Crippen molar-refractivity contribution in [3.05, 3.63) is 64.6 Å². The van der Waals surface area contributed by atoms with Crippen molar-refractivity contribution in [1.29, 1.82) is 0 Å². The molecule has 0 spiro atoms. The molecule has 0 saturated carbocycles. The Hall–Kier alpha value is -2.82. The molecule has 136 valence electrons. The average molecular weight is 353 g/mol. The molecule has 0 atom stereocenters. The number of hydrogen-bond donors (Lipinski definition) is 2. The molecule has 0 saturated heterocycles. The first-order valence-corrected chi connectivity index (χ1v) is 8.70. The summed E-state index contributed by atoms with van der Waals surface area (Å²) in [6.45, 7) is 4.41. The molecule has 3 rings (SSSR count). The van der Waals surface area contributed by atoms with Crippen LogP contribution in [0.5, 0.6) is 0 Å². The Morgan fingerprint density at radius 1 is 1.12 bits per heavy atom. The van der Waals surface area contributed by atoms with E-state index in [0.717, 1.165) is 27.9 Å². The third-order valence-electron chi connectivity index (χ3n) is 4.74. The number of aryl methyl sites for hydroxylation is 2. The van der Waals surface area contributed by atoms with Crippen LogP contribution in [-0.4, -0.2) is 31.5 Å². The summed E-state index contributed by atoms with van der Waals surface area (Å²) in [6, 6.07) is 10.8. The number of nitrogens with zero attached hydrogens (tertiary/aromatic N) is 1. The molecule has 2 N–H and O–H groups in total. The van der Waals surface area contributed by atoms with E-state index in [4.69, 9.17) is 0 Å². The molecule has 3 aromatic rings. The number of anilines is 1. The quantitative estimate of drug-likeness (QED) is 0.729. The van der Waals surface area contributed by atoms with E-state index in [0.29, 0.717) is 24.0 Å². The number of benzene rings is 2. The van der Waals surface area contributed by atoms with Gasteiger partial charge in [-0.15, -0.1) is 0 Å². The maximum absolute atomic E-state index is 14.0. The minimum absolute atomic E-state index is 0.101. The molecule has 1 amide bonds. The van der Waals surface area contributed by atoms with Gasteiger partial charge in [0.15, 0.2) is 0 Å². The fourth-order valence-electron chi connectivity index (χ4n) is 3.27. The maximum Gasteiger partial charge on any atom is 0.251 e. The lowest BCUT2D eigenvalue weighted by molar-refractivity contribution is 0.0954. The lowest BCUT2D eigenvalue weighted by Crippen LogP contribution is -2.25. The molecular weight excluding hydrogens is 329 g/mol. The lowest BCUT2D eigenvalue weighted by Gasteiger charge is -2.12. The van der Waals surface area contributed by atoms with Crippen molar-refractivity contribution in [1.82, 2.24) is 10.3 Å². The second-order valence-electron chi connectivity index (χ2n) is 6.79. The van der Waals surface area contributed by atoms with Crippen LogP contribution in [0.4, 0.5) is 10.1 Å². The van der Waals surface area contributed by atoms with Gasteiger partial charge in [0.05, 0.1) is 5.52 Å². The number of rotatable bonds is 5. The van der Waals surface area contributed by atoms with Crippen molar-refractivity contribution in [2.75, 3.05) is 25.5 Å². The molecule has 2 aromatic carbocycles. The van der Waals surface area contributed by atoms with Gasteiger partial charge in [0.25, 0.3) is 5.91 Å². The van der Waals surface area contributed by atoms with Crippen molar-refractivity contribution in [3.8, 4) is 0 Å². The largest absolute Gasteiger partial charge is 0.378 e. The average Bonchev–Trinajstić information content (AvgIpc) is 2.96. The Kier molecular flexibility index (Phi) is 4.98. The van der Waals surface area contributed by atoms with Crippen LogP contribution in [-0.2, 0) is 6.42 Å². The Balaban J connectivity index is 1.70. The van der Waals surface area contributed by atoms with Crippen molar-refractivity contribution < 1.29 is 9.18 Å². The van der Waals surface area contributed by atoms with Gasteiger partial charge in [-0.2, -0.15) is 0 Å². The van der Waals surface area contributed by atoms with Crippen LogP contribution in [0.2, 0.25) is 0 Å². The summed E-state index contributed by atoms with van der Waals surface area (Å²) in [6.07, 6.45) is 0.650. The molecule has 0 unspecified atom stereocenters. The van der Waals surface area contributed by atoms with Gasteiger partial charge in [0.1, 0.15) is 5.82 Å². The van der Waals surface area contributed by atoms with E-state index in [2.05, 4.69) is 10.3 Å². The molecule has 0 aliphatic rings. The second-order valence-corrected chi connectivity index (χ2v) is 6.79. The molecule has 5 heteroatoms. The number of aromatic amines is 1. The molecule has 0 fully saturated rings. The highest BCUT2D eigenvalue weighted by Crippen LogP contribution is 2.27. The Bertz CT molecular complexity index is 942. The van der Waals surface area contributed by atoms with E-state index in [9.17, 15) is 9.18 Å². The van der Waals surface area contributed by atoms with Crippen LogP contribution in [0, 0.1) is 19.7 Å². The van der Waals surface area contributed by atoms with Gasteiger partial charge in [0, 0.05) is 43.0 Å². The summed E-state index contributed by atoms with van der Waals surface area (Å²) in [5.41, 5.74) is 5.26. The molecule has 0 radical (unpaired) electrons. The molecule has 4 nitrogen and oxygen atoms in total. The predicted molar refractivity (Wildman–Crippen MR) is 105 cm³/mol. The molecule has 26 heavy (non-hydrogen) atoms. The molecule has 1 aromatic heterocycles. The van der Waals surface area contributed by atoms with Gasteiger partial charge in [-0.25, -0.2) is 4.39 Å². The lowest BCUT2D eigenvalue weighted by atomic mass is 10.0. The Morgan fingerprint density at radius 2 is 1.81 bits per heavy atom. The van der Waals surface area contributed by atoms with Crippen LogP contribution >= 0.6 is 0 Å². The summed E-state index contributed by atoms with van der Waals surface area (Å²) < 4.78 is 14.0. The Morgan fingerprint density at radius 3 is 2.46 bits per heavy atom. The predicted octanol–water partition coefficient (Wildman–Crippen LogP) is 3.96. The SMILES string of the molecule is Cc1[nH]c2c(F)ccc(C)c2c1CCNC(=O)c1ccc(N(C)C)cc1. The monoisotopic (exact) mass is 353 g/mol. The standard InChI is InChI=1S/C21H24FN3O/c1-13-5-10-18(22)20-19(13)17(14(2)24-20)11-12-23-21(26)15-6-8-16(9-7-15)25(3)4/h5-10,24H,11-12H2,1-4H3,(H,23,26). The molecular formula is C21H24FN3O. The first-order valence-electron chi connectivity index (χ1n) is 8.70. The number of amides is 1. The van der Waals surface area contributed by atoms with E-state index >= 15 is 0 Å². The van der Waals surface area contributed by atoms with Crippen LogP contribution in [0.1, 0.15) is 27.2 Å². The van der Waals surface area contributed by atoms with Gasteiger partial charge in [-0.3, -0.25) is 4.79 Å². The fraction of sp³-hybridized carbons (Fsp3) is 0.286. The van der Waals surface area contributed by atoms with Crippen molar-refractivity contribution in [3.63, 3.8) is 0 Å². The zero-order valence-corrected chi connectivity index (χ0v) is 15.6. The summed E-state index contributed by atoms with van der Waals surface area (Å²) in [7, 11) is 3.92. The van der Waals surface area contributed by atoms with Crippen LogP contribution in [0.25, 0.3) is 10.9 Å². The second kappa shape index (κ2) is 7.20. The third-order valence-corrected chi connectivity index (χ3v) is 4.74. The highest BCUT2D eigenvalue weighted by atomic mass is 19.1. The van der Waals surface area contributed by atoms with E-state index in [-0.39, 0.29) is 11.7 Å². The van der Waals surface area contributed by atoms with Crippen LogP contribution in [0.3, 0.4) is 0 Å². The number of aromatic nitrogens is 1. The topological polar surface area (TPSA) is 48.1 Å². The van der Waals surface area contributed by atoms with Crippen molar-refractivity contribution >= 4 is 22.5 Å². The smallest absolute Gasteiger partial charge is 0.251 e. The van der Waals surface area contributed by atoms with E-state index in [1.165, 1.54) is 6.07 Å². The minimum Gasteiger partial charge on any atom is -0.378 e.